The van der Waals surface area contributed by atoms with E-state index in [2.05, 4.69) is 29.4 Å². The fourth-order valence-corrected chi connectivity index (χ4v) is 3.76. The van der Waals surface area contributed by atoms with Gasteiger partial charge in [-0.25, -0.2) is 4.98 Å². The number of fused-ring (bicyclic) bond motifs is 1. The van der Waals surface area contributed by atoms with E-state index in [1.165, 1.54) is 10.5 Å². The second kappa shape index (κ2) is 7.66. The molecule has 26 heavy (non-hydrogen) atoms. The molecule has 0 saturated heterocycles. The Kier molecular flexibility index (Phi) is 5.32. The molecule has 0 radical (unpaired) electrons. The maximum Gasteiger partial charge on any atom is 0.313 e. The lowest BCUT2D eigenvalue weighted by Gasteiger charge is -2.17. The van der Waals surface area contributed by atoms with Crippen LogP contribution in [-0.4, -0.2) is 34.8 Å². The van der Waals surface area contributed by atoms with Gasteiger partial charge in [0, 0.05) is 24.3 Å². The molecule has 3 aromatic rings. The van der Waals surface area contributed by atoms with Gasteiger partial charge in [0.1, 0.15) is 5.01 Å². The number of benzene rings is 2. The molecule has 6 heteroatoms. The first kappa shape index (κ1) is 18.1. The van der Waals surface area contributed by atoms with Crippen molar-refractivity contribution in [3.63, 3.8) is 0 Å². The summed E-state index contributed by atoms with van der Waals surface area (Å²) in [6.45, 7) is 6.79. The molecule has 0 fully saturated rings. The number of aromatic nitrogens is 1. The topological polar surface area (TPSA) is 62.3 Å². The van der Waals surface area contributed by atoms with E-state index in [-0.39, 0.29) is 0 Å². The Hall–Kier alpha value is -2.73. The Bertz CT molecular complexity index is 943. The monoisotopic (exact) mass is 367 g/mol. The van der Waals surface area contributed by atoms with Crippen molar-refractivity contribution in [2.24, 2.45) is 0 Å². The highest BCUT2D eigenvalue weighted by molar-refractivity contribution is 7.21. The number of carbonyl (C=O) groups is 2. The van der Waals surface area contributed by atoms with Crippen LogP contribution in [0.2, 0.25) is 0 Å². The number of thiazole rings is 1. The Morgan fingerprint density at radius 2 is 1.77 bits per heavy atom. The van der Waals surface area contributed by atoms with Crippen LogP contribution in [0.15, 0.2) is 42.5 Å². The molecule has 0 unspecified atom stereocenters. The van der Waals surface area contributed by atoms with E-state index in [0.29, 0.717) is 18.8 Å². The van der Waals surface area contributed by atoms with Crippen LogP contribution >= 0.6 is 11.3 Å². The second-order valence-electron chi connectivity index (χ2n) is 6.00. The third-order valence-corrected chi connectivity index (χ3v) is 5.25. The molecule has 0 aliphatic heterocycles. The molecule has 134 valence electrons. The fraction of sp³-hybridized carbons (Fsp3) is 0.250. The molecule has 0 atom stereocenters. The standard InChI is InChI=1S/C20H21N3O2S/c1-4-23(5-2)20(25)18(24)21-15-9-7-14(8-10-15)19-22-16-11-6-13(3)12-17(16)26-19/h6-12H,4-5H2,1-3H3,(H,21,24). The number of amides is 2. The average molecular weight is 367 g/mol. The molecule has 2 amide bonds. The fourth-order valence-electron chi connectivity index (χ4n) is 2.69. The quantitative estimate of drug-likeness (QED) is 0.707. The van der Waals surface area contributed by atoms with Gasteiger partial charge in [-0.3, -0.25) is 9.59 Å². The first-order valence-corrected chi connectivity index (χ1v) is 9.41. The van der Waals surface area contributed by atoms with Gasteiger partial charge < -0.3 is 10.2 Å². The van der Waals surface area contributed by atoms with Gasteiger partial charge in [0.25, 0.3) is 0 Å². The molecule has 2 aromatic carbocycles. The van der Waals surface area contributed by atoms with Crippen molar-refractivity contribution in [1.29, 1.82) is 0 Å². The van der Waals surface area contributed by atoms with Crippen LogP contribution in [0.3, 0.4) is 0 Å². The molecular formula is C20H21N3O2S. The highest BCUT2D eigenvalue weighted by atomic mass is 32.1. The van der Waals surface area contributed by atoms with Gasteiger partial charge in [-0.05, 0) is 62.7 Å². The lowest BCUT2D eigenvalue weighted by atomic mass is 10.2. The SMILES string of the molecule is CCN(CC)C(=O)C(=O)Nc1ccc(-c2nc3ccc(C)cc3s2)cc1. The molecule has 3 rings (SSSR count). The summed E-state index contributed by atoms with van der Waals surface area (Å²) in [5.74, 6) is -1.13. The number of rotatable bonds is 4. The third-order valence-electron chi connectivity index (χ3n) is 4.18. The lowest BCUT2D eigenvalue weighted by Crippen LogP contribution is -2.39. The molecule has 1 heterocycles. The minimum atomic E-state index is -0.614. The molecule has 1 N–H and O–H groups in total. The first-order valence-electron chi connectivity index (χ1n) is 8.59. The molecule has 5 nitrogen and oxygen atoms in total. The number of likely N-dealkylation sites (N-methyl/N-ethyl adjacent to an activating group) is 1. The summed E-state index contributed by atoms with van der Waals surface area (Å²) in [5, 5.41) is 3.59. The summed E-state index contributed by atoms with van der Waals surface area (Å²) < 4.78 is 1.15. The van der Waals surface area contributed by atoms with Crippen molar-refractivity contribution in [3.8, 4) is 10.6 Å². The second-order valence-corrected chi connectivity index (χ2v) is 7.03. The van der Waals surface area contributed by atoms with Crippen LogP contribution in [-0.2, 0) is 9.59 Å². The summed E-state index contributed by atoms with van der Waals surface area (Å²) >= 11 is 1.64. The number of anilines is 1. The molecule has 0 bridgehead atoms. The van der Waals surface area contributed by atoms with Crippen LogP contribution < -0.4 is 5.32 Å². The highest BCUT2D eigenvalue weighted by Gasteiger charge is 2.19. The molecule has 0 saturated carbocycles. The van der Waals surface area contributed by atoms with Crippen molar-refractivity contribution in [3.05, 3.63) is 48.0 Å². The smallest absolute Gasteiger partial charge is 0.313 e. The van der Waals surface area contributed by atoms with Crippen LogP contribution in [0.1, 0.15) is 19.4 Å². The highest BCUT2D eigenvalue weighted by Crippen LogP contribution is 2.31. The molecule has 1 aromatic heterocycles. The van der Waals surface area contributed by atoms with Gasteiger partial charge in [-0.2, -0.15) is 0 Å². The van der Waals surface area contributed by atoms with E-state index in [1.807, 2.05) is 32.0 Å². The first-order chi connectivity index (χ1) is 12.5. The predicted octanol–water partition coefficient (Wildman–Crippen LogP) is 4.08. The molecule has 0 aliphatic carbocycles. The van der Waals surface area contributed by atoms with Gasteiger partial charge in [-0.1, -0.05) is 6.07 Å². The van der Waals surface area contributed by atoms with Crippen LogP contribution in [0.25, 0.3) is 20.8 Å². The molecule has 0 aliphatic rings. The minimum absolute atomic E-state index is 0.513. The zero-order chi connectivity index (χ0) is 18.7. The van der Waals surface area contributed by atoms with E-state index < -0.39 is 11.8 Å². The summed E-state index contributed by atoms with van der Waals surface area (Å²) in [6, 6.07) is 13.6. The zero-order valence-corrected chi connectivity index (χ0v) is 15.9. The van der Waals surface area contributed by atoms with Gasteiger partial charge in [0.15, 0.2) is 0 Å². The van der Waals surface area contributed by atoms with Gasteiger partial charge in [0.05, 0.1) is 10.2 Å². The lowest BCUT2D eigenvalue weighted by molar-refractivity contribution is -0.142. The number of carbonyl (C=O) groups excluding carboxylic acids is 2. The molecule has 0 spiro atoms. The Morgan fingerprint density at radius 3 is 2.42 bits per heavy atom. The largest absolute Gasteiger partial charge is 0.335 e. The number of nitrogens with one attached hydrogen (secondary N) is 1. The van der Waals surface area contributed by atoms with E-state index >= 15 is 0 Å². The van der Waals surface area contributed by atoms with Gasteiger partial charge in [-0.15, -0.1) is 11.3 Å². The van der Waals surface area contributed by atoms with Crippen molar-refractivity contribution in [2.45, 2.75) is 20.8 Å². The number of aryl methyl sites for hydroxylation is 1. The summed E-state index contributed by atoms with van der Waals surface area (Å²) in [7, 11) is 0. The van der Waals surface area contributed by atoms with E-state index in [4.69, 9.17) is 0 Å². The number of hydrogen-bond acceptors (Lipinski definition) is 4. The van der Waals surface area contributed by atoms with Crippen molar-refractivity contribution in [2.75, 3.05) is 18.4 Å². The van der Waals surface area contributed by atoms with Crippen LogP contribution in [0.4, 0.5) is 5.69 Å². The number of hydrogen-bond donors (Lipinski definition) is 1. The van der Waals surface area contributed by atoms with Crippen molar-refractivity contribution >= 4 is 39.1 Å². The summed E-state index contributed by atoms with van der Waals surface area (Å²) in [5.41, 5.74) is 3.77. The predicted molar refractivity (Wildman–Crippen MR) is 106 cm³/mol. The zero-order valence-electron chi connectivity index (χ0n) is 15.1. The van der Waals surface area contributed by atoms with E-state index in [9.17, 15) is 9.59 Å². The average Bonchev–Trinajstić information content (AvgIpc) is 3.06. The van der Waals surface area contributed by atoms with Crippen molar-refractivity contribution < 1.29 is 9.59 Å². The summed E-state index contributed by atoms with van der Waals surface area (Å²) in [4.78, 5) is 30.2. The van der Waals surface area contributed by atoms with E-state index in [0.717, 1.165) is 20.8 Å². The Labute approximate surface area is 156 Å². The number of nitrogens with zero attached hydrogens (tertiary/aromatic N) is 2. The Morgan fingerprint density at radius 1 is 1.08 bits per heavy atom. The van der Waals surface area contributed by atoms with E-state index in [1.54, 1.807) is 23.5 Å². The maximum absolute atomic E-state index is 12.1. The minimum Gasteiger partial charge on any atom is -0.335 e. The van der Waals surface area contributed by atoms with Crippen LogP contribution in [0.5, 0.6) is 0 Å². The normalized spacial score (nSPS) is 10.7. The summed E-state index contributed by atoms with van der Waals surface area (Å²) in [6.07, 6.45) is 0. The maximum atomic E-state index is 12.1. The van der Waals surface area contributed by atoms with Gasteiger partial charge in [0.2, 0.25) is 0 Å². The van der Waals surface area contributed by atoms with Gasteiger partial charge >= 0.3 is 11.8 Å². The van der Waals surface area contributed by atoms with Crippen LogP contribution in [0, 0.1) is 6.92 Å². The Balaban J connectivity index is 1.75. The third kappa shape index (κ3) is 3.75. The molecular weight excluding hydrogens is 346 g/mol. The van der Waals surface area contributed by atoms with Crippen molar-refractivity contribution in [1.82, 2.24) is 9.88 Å².